The number of phenolic OH excluding ortho intramolecular Hbond substituents is 1. The van der Waals surface area contributed by atoms with Crippen LogP contribution < -0.4 is 0 Å². The maximum absolute atomic E-state index is 13.2. The highest BCUT2D eigenvalue weighted by molar-refractivity contribution is 6.01. The number of carbonyl (C=O) groups is 2. The third-order valence-electron chi connectivity index (χ3n) is 3.11. The second kappa shape index (κ2) is 6.89. The molecule has 0 radical (unpaired) electrons. The first kappa shape index (κ1) is 18.8. The zero-order valence-electron chi connectivity index (χ0n) is 13.1. The average molecular weight is 334 g/mol. The summed E-state index contributed by atoms with van der Waals surface area (Å²) in [6.07, 6.45) is -4.95. The summed E-state index contributed by atoms with van der Waals surface area (Å²) in [5.74, 6) is -3.35. The largest absolute Gasteiger partial charge is 0.507 e. The van der Waals surface area contributed by atoms with Gasteiger partial charge in [0.15, 0.2) is 0 Å². The number of phenols is 1. The number of aromatic hydroxyl groups is 1. The van der Waals surface area contributed by atoms with Gasteiger partial charge in [-0.25, -0.2) is 9.59 Å². The number of esters is 2. The van der Waals surface area contributed by atoms with Gasteiger partial charge in [-0.15, -0.1) is 0 Å². The molecule has 0 aliphatic carbocycles. The Labute approximate surface area is 131 Å². The second-order valence-corrected chi connectivity index (χ2v) is 5.25. The highest BCUT2D eigenvalue weighted by Gasteiger charge is 2.40. The summed E-state index contributed by atoms with van der Waals surface area (Å²) in [5, 5.41) is 9.88. The Hall–Kier alpha value is -2.25. The van der Waals surface area contributed by atoms with Gasteiger partial charge in [0, 0.05) is 0 Å². The van der Waals surface area contributed by atoms with Crippen LogP contribution in [-0.2, 0) is 22.1 Å². The molecule has 0 spiro atoms. The summed E-state index contributed by atoms with van der Waals surface area (Å²) in [5.41, 5.74) is -2.85. The topological polar surface area (TPSA) is 72.8 Å². The van der Waals surface area contributed by atoms with E-state index in [9.17, 15) is 27.9 Å². The highest BCUT2D eigenvalue weighted by Crippen LogP contribution is 2.39. The molecule has 23 heavy (non-hydrogen) atoms. The molecule has 0 aliphatic rings. The molecule has 128 valence electrons. The van der Waals surface area contributed by atoms with Gasteiger partial charge in [-0.1, -0.05) is 13.8 Å². The summed E-state index contributed by atoms with van der Waals surface area (Å²) in [7, 11) is 1.96. The van der Waals surface area contributed by atoms with Gasteiger partial charge in [-0.05, 0) is 24.0 Å². The van der Waals surface area contributed by atoms with Gasteiger partial charge in [0.2, 0.25) is 0 Å². The number of alkyl halides is 3. The predicted octanol–water partition coefficient (Wildman–Crippen LogP) is 3.18. The number of rotatable bonds is 4. The van der Waals surface area contributed by atoms with Crippen LogP contribution >= 0.6 is 0 Å². The van der Waals surface area contributed by atoms with Crippen LogP contribution in [-0.4, -0.2) is 31.3 Å². The average Bonchev–Trinajstić information content (AvgIpc) is 2.43. The summed E-state index contributed by atoms with van der Waals surface area (Å²) >= 11 is 0. The molecule has 1 N–H and O–H groups in total. The van der Waals surface area contributed by atoms with Gasteiger partial charge in [-0.2, -0.15) is 13.2 Å². The first-order chi connectivity index (χ1) is 10.5. The van der Waals surface area contributed by atoms with Crippen molar-refractivity contribution in [1.29, 1.82) is 0 Å². The number of ether oxygens (including phenoxy) is 2. The number of benzene rings is 1. The van der Waals surface area contributed by atoms with E-state index in [0.29, 0.717) is 6.07 Å². The van der Waals surface area contributed by atoms with E-state index in [4.69, 9.17) is 0 Å². The smallest absolute Gasteiger partial charge is 0.417 e. The molecule has 1 aromatic rings. The molecule has 1 rings (SSSR count). The van der Waals surface area contributed by atoms with Crippen molar-refractivity contribution in [2.45, 2.75) is 26.4 Å². The molecule has 0 saturated carbocycles. The van der Waals surface area contributed by atoms with Crippen LogP contribution in [0.25, 0.3) is 0 Å². The zero-order valence-corrected chi connectivity index (χ0v) is 13.1. The van der Waals surface area contributed by atoms with Crippen LogP contribution in [0.5, 0.6) is 5.75 Å². The molecule has 0 atom stereocenters. The first-order valence-electron chi connectivity index (χ1n) is 6.67. The summed E-state index contributed by atoms with van der Waals surface area (Å²) in [6.45, 7) is 3.39. The third-order valence-corrected chi connectivity index (χ3v) is 3.11. The van der Waals surface area contributed by atoms with Gasteiger partial charge in [0.25, 0.3) is 0 Å². The van der Waals surface area contributed by atoms with Gasteiger partial charge < -0.3 is 14.6 Å². The molecule has 0 aliphatic heterocycles. The summed E-state index contributed by atoms with van der Waals surface area (Å²) in [6, 6.07) is 0.336. The van der Waals surface area contributed by atoms with Gasteiger partial charge in [0.05, 0.1) is 25.3 Å². The van der Waals surface area contributed by atoms with Gasteiger partial charge >= 0.3 is 18.1 Å². The van der Waals surface area contributed by atoms with E-state index < -0.39 is 40.6 Å². The minimum Gasteiger partial charge on any atom is -0.507 e. The Morgan fingerprint density at radius 3 is 2.00 bits per heavy atom. The third kappa shape index (κ3) is 3.94. The van der Waals surface area contributed by atoms with Crippen LogP contribution in [0.2, 0.25) is 0 Å². The fourth-order valence-corrected chi connectivity index (χ4v) is 2.22. The molecule has 0 amide bonds. The monoisotopic (exact) mass is 334 g/mol. The minimum absolute atomic E-state index is 0.0493. The van der Waals surface area contributed by atoms with E-state index in [1.165, 1.54) is 0 Å². The Morgan fingerprint density at radius 2 is 1.61 bits per heavy atom. The zero-order chi connectivity index (χ0) is 17.9. The van der Waals surface area contributed by atoms with Crippen LogP contribution in [0.1, 0.15) is 45.7 Å². The van der Waals surface area contributed by atoms with Gasteiger partial charge in [-0.3, -0.25) is 0 Å². The van der Waals surface area contributed by atoms with Crippen molar-refractivity contribution >= 4 is 11.9 Å². The van der Waals surface area contributed by atoms with Crippen molar-refractivity contribution in [3.63, 3.8) is 0 Å². The van der Waals surface area contributed by atoms with E-state index in [1.807, 2.05) is 0 Å². The van der Waals surface area contributed by atoms with Crippen LogP contribution in [0.4, 0.5) is 13.2 Å². The number of carbonyl (C=O) groups excluding carboxylic acids is 2. The summed E-state index contributed by atoms with van der Waals surface area (Å²) < 4.78 is 48.6. The Kier molecular flexibility index (Phi) is 5.63. The van der Waals surface area contributed by atoms with Crippen molar-refractivity contribution in [3.8, 4) is 5.75 Å². The molecule has 0 heterocycles. The fraction of sp³-hybridized carbons (Fsp3) is 0.467. The Morgan fingerprint density at radius 1 is 1.13 bits per heavy atom. The lowest BCUT2D eigenvalue weighted by Gasteiger charge is -2.20. The van der Waals surface area contributed by atoms with E-state index in [2.05, 4.69) is 9.47 Å². The molecular formula is C15H17F3O5. The van der Waals surface area contributed by atoms with Crippen molar-refractivity contribution in [2.75, 3.05) is 14.2 Å². The van der Waals surface area contributed by atoms with Crippen molar-refractivity contribution in [1.82, 2.24) is 0 Å². The van der Waals surface area contributed by atoms with Crippen LogP contribution in [0.15, 0.2) is 6.07 Å². The number of hydrogen-bond acceptors (Lipinski definition) is 5. The Bertz CT molecular complexity index is 621. The van der Waals surface area contributed by atoms with Crippen molar-refractivity contribution < 1.29 is 37.3 Å². The number of hydrogen-bond donors (Lipinski definition) is 1. The van der Waals surface area contributed by atoms with Crippen molar-refractivity contribution in [2.24, 2.45) is 5.92 Å². The summed E-state index contributed by atoms with van der Waals surface area (Å²) in [4.78, 5) is 23.7. The fourth-order valence-electron chi connectivity index (χ4n) is 2.22. The molecule has 1 aromatic carbocycles. The lowest BCUT2D eigenvalue weighted by Crippen LogP contribution is -2.21. The van der Waals surface area contributed by atoms with E-state index in [0.717, 1.165) is 14.2 Å². The molecule has 8 heteroatoms. The second-order valence-electron chi connectivity index (χ2n) is 5.25. The van der Waals surface area contributed by atoms with E-state index in [-0.39, 0.29) is 17.9 Å². The lowest BCUT2D eigenvalue weighted by atomic mass is 9.89. The first-order valence-corrected chi connectivity index (χ1v) is 6.67. The molecule has 0 unspecified atom stereocenters. The Balaban J connectivity index is 3.89. The van der Waals surface area contributed by atoms with E-state index in [1.54, 1.807) is 13.8 Å². The maximum atomic E-state index is 13.2. The molecule has 0 fully saturated rings. The number of methoxy groups -OCH3 is 2. The molecule has 0 saturated heterocycles. The molecule has 0 bridgehead atoms. The lowest BCUT2D eigenvalue weighted by molar-refractivity contribution is -0.138. The maximum Gasteiger partial charge on any atom is 0.417 e. The van der Waals surface area contributed by atoms with Crippen LogP contribution in [0.3, 0.4) is 0 Å². The quantitative estimate of drug-likeness (QED) is 0.856. The van der Waals surface area contributed by atoms with Gasteiger partial charge in [0.1, 0.15) is 11.3 Å². The normalized spacial score (nSPS) is 11.5. The van der Waals surface area contributed by atoms with Crippen molar-refractivity contribution in [3.05, 3.63) is 28.3 Å². The molecule has 0 aromatic heterocycles. The standard InChI is InChI=1S/C15H17F3O5/c1-7(2)5-8-11(13(20)22-3)9(15(16,17)18)6-10(19)12(8)14(21)23-4/h6-7,19H,5H2,1-4H3. The number of halogens is 3. The van der Waals surface area contributed by atoms with Crippen LogP contribution in [0, 0.1) is 5.92 Å². The highest BCUT2D eigenvalue weighted by atomic mass is 19.4. The molecular weight excluding hydrogens is 317 g/mol. The minimum atomic E-state index is -4.90. The molecule has 5 nitrogen and oxygen atoms in total. The van der Waals surface area contributed by atoms with E-state index >= 15 is 0 Å². The SMILES string of the molecule is COC(=O)c1c(O)cc(C(F)(F)F)c(C(=O)OC)c1CC(C)C. The predicted molar refractivity (Wildman–Crippen MR) is 74.3 cm³/mol.